The van der Waals surface area contributed by atoms with Gasteiger partial charge in [-0.05, 0) is 25.3 Å². The number of aryl methyl sites for hydroxylation is 1. The van der Waals surface area contributed by atoms with Crippen LogP contribution in [0.15, 0.2) is 0 Å². The van der Waals surface area contributed by atoms with Gasteiger partial charge in [-0.15, -0.1) is 11.3 Å². The van der Waals surface area contributed by atoms with Gasteiger partial charge in [0.1, 0.15) is 5.00 Å². The molecule has 8 nitrogen and oxygen atoms in total. The molecular weight excluding hydrogens is 334 g/mol. The highest BCUT2D eigenvalue weighted by Crippen LogP contribution is 2.33. The summed E-state index contributed by atoms with van der Waals surface area (Å²) < 4.78 is 5.27. The van der Waals surface area contributed by atoms with Gasteiger partial charge in [-0.25, -0.2) is 9.59 Å². The molecule has 4 N–H and O–H groups in total. The minimum Gasteiger partial charge on any atom is -0.448 e. The molecule has 0 saturated heterocycles. The van der Waals surface area contributed by atoms with Crippen molar-refractivity contribution in [3.05, 3.63) is 16.0 Å². The number of carbonyl (C=O) groups is 4. The van der Waals surface area contributed by atoms with Crippen molar-refractivity contribution in [2.75, 3.05) is 5.32 Å². The van der Waals surface area contributed by atoms with E-state index >= 15 is 0 Å². The highest BCUT2D eigenvalue weighted by Gasteiger charge is 2.30. The summed E-state index contributed by atoms with van der Waals surface area (Å²) in [5.41, 5.74) is 5.78. The number of primary amides is 1. The second kappa shape index (κ2) is 7.91. The second-order valence-corrected chi connectivity index (χ2v) is 6.82. The summed E-state index contributed by atoms with van der Waals surface area (Å²) in [6, 6.07) is -1.02. The largest absolute Gasteiger partial charge is 0.448 e. The van der Waals surface area contributed by atoms with Gasteiger partial charge in [0, 0.05) is 11.8 Å². The zero-order valence-corrected chi connectivity index (χ0v) is 15.0. The number of anilines is 1. The van der Waals surface area contributed by atoms with Gasteiger partial charge in [-0.3, -0.25) is 14.9 Å². The van der Waals surface area contributed by atoms with Crippen molar-refractivity contribution in [1.29, 1.82) is 0 Å². The Bertz CT molecular complexity index is 681. The average molecular weight is 355 g/mol. The lowest BCUT2D eigenvalue weighted by Crippen LogP contribution is -2.45. The van der Waals surface area contributed by atoms with Crippen LogP contribution in [-0.4, -0.2) is 29.9 Å². The molecule has 0 aromatic carbocycles. The van der Waals surface area contributed by atoms with E-state index in [9.17, 15) is 19.2 Å². The van der Waals surface area contributed by atoms with Gasteiger partial charge in [-0.2, -0.15) is 0 Å². The summed E-state index contributed by atoms with van der Waals surface area (Å²) in [4.78, 5) is 47.4. The maximum absolute atomic E-state index is 12.5. The second-order valence-electron chi connectivity index (χ2n) is 5.59. The predicted molar refractivity (Wildman–Crippen MR) is 89.9 cm³/mol. The van der Waals surface area contributed by atoms with E-state index in [1.54, 1.807) is 20.8 Å². The average Bonchev–Trinajstić information content (AvgIpc) is 2.68. The Morgan fingerprint density at radius 1 is 1.17 bits per heavy atom. The first-order valence-corrected chi connectivity index (χ1v) is 8.05. The Morgan fingerprint density at radius 3 is 2.21 bits per heavy atom. The minimum absolute atomic E-state index is 0.199. The number of urea groups is 1. The molecule has 4 amide bonds. The van der Waals surface area contributed by atoms with Crippen LogP contribution in [0, 0.1) is 19.8 Å². The molecule has 1 heterocycles. The lowest BCUT2D eigenvalue weighted by molar-refractivity contribution is -0.130. The minimum atomic E-state index is -1.19. The molecule has 1 atom stereocenters. The van der Waals surface area contributed by atoms with Gasteiger partial charge in [0.2, 0.25) is 5.91 Å². The third-order valence-corrected chi connectivity index (χ3v) is 4.35. The molecule has 0 spiro atoms. The Balaban J connectivity index is 3.10. The lowest BCUT2D eigenvalue weighted by atomic mass is 10.1. The van der Waals surface area contributed by atoms with E-state index in [0.717, 1.165) is 4.88 Å². The number of hydrogen-bond acceptors (Lipinski definition) is 6. The van der Waals surface area contributed by atoms with Crippen LogP contribution in [0.25, 0.3) is 0 Å². The topological polar surface area (TPSA) is 128 Å². The lowest BCUT2D eigenvalue weighted by Gasteiger charge is -2.20. The zero-order chi connectivity index (χ0) is 18.6. The number of nitrogens with two attached hydrogens (primary N) is 1. The van der Waals surface area contributed by atoms with Crippen molar-refractivity contribution in [2.45, 2.75) is 40.7 Å². The van der Waals surface area contributed by atoms with Crippen LogP contribution < -0.4 is 16.4 Å². The van der Waals surface area contributed by atoms with E-state index in [4.69, 9.17) is 10.5 Å². The van der Waals surface area contributed by atoms with Gasteiger partial charge in [0.05, 0.1) is 5.56 Å². The van der Waals surface area contributed by atoms with Crippen LogP contribution in [-0.2, 0) is 14.3 Å². The summed E-state index contributed by atoms with van der Waals surface area (Å²) in [7, 11) is 0. The smallest absolute Gasteiger partial charge is 0.342 e. The first kappa shape index (κ1) is 19.6. The Hall–Kier alpha value is -2.42. The quantitative estimate of drug-likeness (QED) is 0.693. The van der Waals surface area contributed by atoms with Crippen molar-refractivity contribution in [1.82, 2.24) is 5.32 Å². The SMILES string of the molecule is CC(=O)Nc1sc(C)c(C)c1C(=O)O[C@@H](C(=O)NC(N)=O)C(C)C. The molecule has 0 fully saturated rings. The molecule has 0 unspecified atom stereocenters. The summed E-state index contributed by atoms with van der Waals surface area (Å²) in [5.74, 6) is -2.25. The van der Waals surface area contributed by atoms with E-state index in [2.05, 4.69) is 5.32 Å². The van der Waals surface area contributed by atoms with E-state index < -0.39 is 24.0 Å². The van der Waals surface area contributed by atoms with Gasteiger partial charge in [0.15, 0.2) is 6.10 Å². The molecule has 0 saturated carbocycles. The summed E-state index contributed by atoms with van der Waals surface area (Å²) in [5, 5.41) is 4.85. The number of nitrogens with one attached hydrogen (secondary N) is 2. The molecule has 0 radical (unpaired) electrons. The van der Waals surface area contributed by atoms with Crippen LogP contribution in [0.4, 0.5) is 9.80 Å². The van der Waals surface area contributed by atoms with Crippen molar-refractivity contribution < 1.29 is 23.9 Å². The number of hydrogen-bond donors (Lipinski definition) is 3. The number of ether oxygens (including phenoxy) is 1. The Labute approximate surface area is 143 Å². The van der Waals surface area contributed by atoms with Crippen molar-refractivity contribution in [3.63, 3.8) is 0 Å². The number of imide groups is 1. The van der Waals surface area contributed by atoms with E-state index in [1.807, 2.05) is 12.2 Å². The van der Waals surface area contributed by atoms with E-state index in [1.165, 1.54) is 18.3 Å². The van der Waals surface area contributed by atoms with Crippen LogP contribution in [0.5, 0.6) is 0 Å². The highest BCUT2D eigenvalue weighted by molar-refractivity contribution is 7.16. The first-order valence-electron chi connectivity index (χ1n) is 7.23. The molecule has 1 aromatic heterocycles. The summed E-state index contributed by atoms with van der Waals surface area (Å²) >= 11 is 1.24. The predicted octanol–water partition coefficient (Wildman–Crippen LogP) is 1.70. The maximum atomic E-state index is 12.5. The van der Waals surface area contributed by atoms with Crippen molar-refractivity contribution in [3.8, 4) is 0 Å². The summed E-state index contributed by atoms with van der Waals surface area (Å²) in [6.07, 6.45) is -1.19. The molecule has 0 aliphatic heterocycles. The molecule has 0 aliphatic rings. The van der Waals surface area contributed by atoms with Gasteiger partial charge < -0.3 is 15.8 Å². The van der Waals surface area contributed by atoms with Gasteiger partial charge in [0.25, 0.3) is 5.91 Å². The fourth-order valence-electron chi connectivity index (χ4n) is 1.98. The summed E-state index contributed by atoms with van der Waals surface area (Å²) in [6.45, 7) is 8.19. The normalized spacial score (nSPS) is 11.8. The van der Waals surface area contributed by atoms with Crippen LogP contribution in [0.1, 0.15) is 41.6 Å². The molecule has 132 valence electrons. The molecule has 0 aliphatic carbocycles. The van der Waals surface area contributed by atoms with Crippen LogP contribution in [0.3, 0.4) is 0 Å². The zero-order valence-electron chi connectivity index (χ0n) is 14.2. The number of rotatable bonds is 5. The molecular formula is C15H21N3O5S. The number of esters is 1. The maximum Gasteiger partial charge on any atom is 0.342 e. The third kappa shape index (κ3) is 4.79. The highest BCUT2D eigenvalue weighted by atomic mass is 32.1. The standard InChI is InChI=1S/C15H21N3O5S/c1-6(2)11(12(20)18-15(16)22)23-14(21)10-7(3)8(4)24-13(10)17-9(5)19/h6,11H,1-5H3,(H,17,19)(H3,16,18,20,22)/t11-/m1/s1. The Kier molecular flexibility index (Phi) is 6.47. The van der Waals surface area contributed by atoms with Crippen LogP contribution >= 0.6 is 11.3 Å². The molecule has 1 aromatic rings. The number of thiophene rings is 1. The molecule has 9 heteroatoms. The van der Waals surface area contributed by atoms with E-state index in [0.29, 0.717) is 10.6 Å². The first-order chi connectivity index (χ1) is 11.0. The molecule has 24 heavy (non-hydrogen) atoms. The number of carbonyl (C=O) groups excluding carboxylic acids is 4. The van der Waals surface area contributed by atoms with Crippen LogP contribution in [0.2, 0.25) is 0 Å². The fourth-order valence-corrected chi connectivity index (χ4v) is 3.07. The van der Waals surface area contributed by atoms with Gasteiger partial charge in [-0.1, -0.05) is 13.8 Å². The van der Waals surface area contributed by atoms with Gasteiger partial charge >= 0.3 is 12.0 Å². The van der Waals surface area contributed by atoms with Crippen molar-refractivity contribution in [2.24, 2.45) is 11.7 Å². The third-order valence-electron chi connectivity index (χ3n) is 3.22. The van der Waals surface area contributed by atoms with Crippen molar-refractivity contribution >= 4 is 40.2 Å². The monoisotopic (exact) mass is 355 g/mol. The Morgan fingerprint density at radius 2 is 1.75 bits per heavy atom. The number of amides is 4. The fraction of sp³-hybridized carbons (Fsp3) is 0.467. The van der Waals surface area contributed by atoms with E-state index in [-0.39, 0.29) is 17.4 Å². The molecule has 0 bridgehead atoms. The molecule has 1 rings (SSSR count).